The molecule has 0 saturated carbocycles. The quantitative estimate of drug-likeness (QED) is 0.861. The van der Waals surface area contributed by atoms with Gasteiger partial charge in [0.15, 0.2) is 0 Å². The molecule has 1 atom stereocenters. The van der Waals surface area contributed by atoms with Crippen LogP contribution in [0.3, 0.4) is 0 Å². The third-order valence-electron chi connectivity index (χ3n) is 3.34. The van der Waals surface area contributed by atoms with Crippen molar-refractivity contribution in [2.75, 3.05) is 6.54 Å². The van der Waals surface area contributed by atoms with Gasteiger partial charge in [-0.25, -0.2) is 8.78 Å². The number of rotatable bonds is 6. The van der Waals surface area contributed by atoms with E-state index < -0.39 is 0 Å². The predicted octanol–water partition coefficient (Wildman–Crippen LogP) is 2.93. The lowest BCUT2D eigenvalue weighted by atomic mass is 10.1. The molecule has 0 bridgehead atoms. The molecule has 0 radical (unpaired) electrons. The van der Waals surface area contributed by atoms with Gasteiger partial charge in [0.25, 0.3) is 0 Å². The van der Waals surface area contributed by atoms with E-state index in [1.807, 2.05) is 6.92 Å². The molecule has 0 fully saturated rings. The first-order valence-corrected chi connectivity index (χ1v) is 7.04. The van der Waals surface area contributed by atoms with Gasteiger partial charge in [-0.3, -0.25) is 4.79 Å². The Hall–Kier alpha value is -2.27. The van der Waals surface area contributed by atoms with E-state index in [-0.39, 0.29) is 30.1 Å². The number of carbonyl (C=O) groups is 1. The highest BCUT2D eigenvalue weighted by molar-refractivity contribution is 5.78. The fraction of sp³-hybridized carbons (Fsp3) is 0.235. The van der Waals surface area contributed by atoms with Crippen molar-refractivity contribution in [3.8, 4) is 0 Å². The molecule has 22 heavy (non-hydrogen) atoms. The number of amides is 1. The zero-order valence-corrected chi connectivity index (χ0v) is 12.3. The van der Waals surface area contributed by atoms with Gasteiger partial charge >= 0.3 is 0 Å². The maximum absolute atomic E-state index is 12.8. The Bertz CT molecular complexity index is 612. The number of hydrogen-bond acceptors (Lipinski definition) is 2. The molecule has 0 saturated heterocycles. The molecule has 0 aliphatic rings. The normalized spacial score (nSPS) is 12.0. The first kappa shape index (κ1) is 16.1. The van der Waals surface area contributed by atoms with Crippen molar-refractivity contribution in [2.24, 2.45) is 0 Å². The summed E-state index contributed by atoms with van der Waals surface area (Å²) in [4.78, 5) is 11.8. The van der Waals surface area contributed by atoms with Crippen LogP contribution in [0.2, 0.25) is 0 Å². The molecule has 3 nitrogen and oxygen atoms in total. The fourth-order valence-electron chi connectivity index (χ4n) is 1.98. The minimum atomic E-state index is -0.301. The first-order valence-electron chi connectivity index (χ1n) is 7.04. The largest absolute Gasteiger partial charge is 0.351 e. The lowest BCUT2D eigenvalue weighted by Crippen LogP contribution is -2.34. The van der Waals surface area contributed by atoms with Crippen molar-refractivity contribution in [1.82, 2.24) is 10.6 Å². The second kappa shape index (κ2) is 7.66. The third-order valence-corrected chi connectivity index (χ3v) is 3.34. The van der Waals surface area contributed by atoms with E-state index in [9.17, 15) is 13.6 Å². The van der Waals surface area contributed by atoms with E-state index >= 15 is 0 Å². The third kappa shape index (κ3) is 4.93. The van der Waals surface area contributed by atoms with Crippen LogP contribution in [-0.4, -0.2) is 12.5 Å². The summed E-state index contributed by atoms with van der Waals surface area (Å²) in [5.41, 5.74) is 1.74. The number of carbonyl (C=O) groups excluding carboxylic acids is 1. The van der Waals surface area contributed by atoms with Crippen molar-refractivity contribution in [3.05, 3.63) is 71.3 Å². The summed E-state index contributed by atoms with van der Waals surface area (Å²) in [5, 5.41) is 5.82. The van der Waals surface area contributed by atoms with Crippen molar-refractivity contribution >= 4 is 5.91 Å². The van der Waals surface area contributed by atoms with E-state index in [1.165, 1.54) is 24.3 Å². The van der Waals surface area contributed by atoms with Crippen LogP contribution in [-0.2, 0) is 11.3 Å². The van der Waals surface area contributed by atoms with E-state index in [0.717, 1.165) is 11.1 Å². The molecule has 1 unspecified atom stereocenters. The van der Waals surface area contributed by atoms with Crippen LogP contribution >= 0.6 is 0 Å². The van der Waals surface area contributed by atoms with Gasteiger partial charge in [-0.2, -0.15) is 0 Å². The molecule has 0 aromatic heterocycles. The lowest BCUT2D eigenvalue weighted by molar-refractivity contribution is -0.120. The standard InChI is InChI=1S/C17H18F2N2O/c1-12(14-4-8-16(19)9-5-14)20-11-17(22)21-10-13-2-6-15(18)7-3-13/h2-9,12,20H,10-11H2,1H3,(H,21,22). The molecule has 2 rings (SSSR count). The van der Waals surface area contributed by atoms with Gasteiger partial charge in [0.2, 0.25) is 5.91 Å². The van der Waals surface area contributed by atoms with Crippen LogP contribution in [0.15, 0.2) is 48.5 Å². The summed E-state index contributed by atoms with van der Waals surface area (Å²) in [6, 6.07) is 12.1. The van der Waals surface area contributed by atoms with E-state index in [1.54, 1.807) is 24.3 Å². The monoisotopic (exact) mass is 304 g/mol. The Kier molecular flexibility index (Phi) is 5.61. The van der Waals surface area contributed by atoms with Crippen LogP contribution in [0, 0.1) is 11.6 Å². The molecular formula is C17H18F2N2O. The molecule has 0 aliphatic carbocycles. The Morgan fingerprint density at radius 1 is 1.00 bits per heavy atom. The molecule has 0 aliphatic heterocycles. The Morgan fingerprint density at radius 3 is 2.14 bits per heavy atom. The van der Waals surface area contributed by atoms with Crippen LogP contribution in [0.1, 0.15) is 24.1 Å². The Balaban J connectivity index is 1.75. The minimum Gasteiger partial charge on any atom is -0.351 e. The van der Waals surface area contributed by atoms with Gasteiger partial charge < -0.3 is 10.6 Å². The second-order valence-corrected chi connectivity index (χ2v) is 5.06. The molecule has 5 heteroatoms. The molecule has 1 amide bonds. The van der Waals surface area contributed by atoms with E-state index in [2.05, 4.69) is 10.6 Å². The minimum absolute atomic E-state index is 0.0582. The molecule has 2 aromatic carbocycles. The number of benzene rings is 2. The summed E-state index contributed by atoms with van der Waals surface area (Å²) in [6.45, 7) is 2.41. The highest BCUT2D eigenvalue weighted by Gasteiger charge is 2.07. The summed E-state index contributed by atoms with van der Waals surface area (Å²) in [6.07, 6.45) is 0. The second-order valence-electron chi connectivity index (χ2n) is 5.06. The van der Waals surface area contributed by atoms with Gasteiger partial charge in [-0.15, -0.1) is 0 Å². The zero-order chi connectivity index (χ0) is 15.9. The average molecular weight is 304 g/mol. The molecule has 2 aromatic rings. The highest BCUT2D eigenvalue weighted by atomic mass is 19.1. The van der Waals surface area contributed by atoms with Gasteiger partial charge in [0.05, 0.1) is 6.54 Å². The van der Waals surface area contributed by atoms with Crippen molar-refractivity contribution in [3.63, 3.8) is 0 Å². The van der Waals surface area contributed by atoms with Crippen molar-refractivity contribution in [1.29, 1.82) is 0 Å². The Morgan fingerprint density at radius 2 is 1.55 bits per heavy atom. The molecular weight excluding hydrogens is 286 g/mol. The first-order chi connectivity index (χ1) is 10.5. The van der Waals surface area contributed by atoms with Crippen LogP contribution in [0.25, 0.3) is 0 Å². The topological polar surface area (TPSA) is 41.1 Å². The van der Waals surface area contributed by atoms with Crippen LogP contribution in [0.5, 0.6) is 0 Å². The van der Waals surface area contributed by atoms with E-state index in [0.29, 0.717) is 6.54 Å². The zero-order valence-electron chi connectivity index (χ0n) is 12.3. The van der Waals surface area contributed by atoms with Crippen molar-refractivity contribution in [2.45, 2.75) is 19.5 Å². The summed E-state index contributed by atoms with van der Waals surface area (Å²) in [7, 11) is 0. The smallest absolute Gasteiger partial charge is 0.234 e. The lowest BCUT2D eigenvalue weighted by Gasteiger charge is -2.14. The van der Waals surface area contributed by atoms with Gasteiger partial charge in [0.1, 0.15) is 11.6 Å². The molecule has 0 spiro atoms. The predicted molar refractivity (Wildman–Crippen MR) is 81.1 cm³/mol. The summed E-state index contributed by atoms with van der Waals surface area (Å²) >= 11 is 0. The van der Waals surface area contributed by atoms with Gasteiger partial charge in [0, 0.05) is 12.6 Å². The number of nitrogens with one attached hydrogen (secondary N) is 2. The van der Waals surface area contributed by atoms with E-state index in [4.69, 9.17) is 0 Å². The summed E-state index contributed by atoms with van der Waals surface area (Å²) < 4.78 is 25.6. The SMILES string of the molecule is CC(NCC(=O)NCc1ccc(F)cc1)c1ccc(F)cc1. The molecule has 116 valence electrons. The van der Waals surface area contributed by atoms with Crippen molar-refractivity contribution < 1.29 is 13.6 Å². The maximum Gasteiger partial charge on any atom is 0.234 e. The maximum atomic E-state index is 12.8. The van der Waals surface area contributed by atoms with Crippen LogP contribution in [0.4, 0.5) is 8.78 Å². The van der Waals surface area contributed by atoms with Gasteiger partial charge in [-0.1, -0.05) is 24.3 Å². The number of hydrogen-bond donors (Lipinski definition) is 2. The number of halogens is 2. The molecule has 2 N–H and O–H groups in total. The highest BCUT2D eigenvalue weighted by Crippen LogP contribution is 2.12. The average Bonchev–Trinajstić information content (AvgIpc) is 2.52. The Labute approximate surface area is 128 Å². The van der Waals surface area contributed by atoms with Gasteiger partial charge in [-0.05, 0) is 42.3 Å². The molecule has 0 heterocycles. The van der Waals surface area contributed by atoms with Crippen LogP contribution < -0.4 is 10.6 Å². The summed E-state index contributed by atoms with van der Waals surface area (Å²) in [5.74, 6) is -0.740. The fourth-order valence-corrected chi connectivity index (χ4v) is 1.98.